The summed E-state index contributed by atoms with van der Waals surface area (Å²) in [7, 11) is -2.98. The van der Waals surface area contributed by atoms with Gasteiger partial charge >= 0.3 is 5.97 Å². The van der Waals surface area contributed by atoms with Crippen LogP contribution < -0.4 is 10.4 Å². The Morgan fingerprint density at radius 1 is 0.861 bits per heavy atom. The summed E-state index contributed by atoms with van der Waals surface area (Å²) in [5.41, 5.74) is -2.17. The molecule has 3 aromatic rings. The molecule has 0 saturated heterocycles. The fourth-order valence-electron chi connectivity index (χ4n) is 4.55. The monoisotopic (exact) mass is 508 g/mol. The van der Waals surface area contributed by atoms with Crippen LogP contribution in [0.1, 0.15) is 39.7 Å². The van der Waals surface area contributed by atoms with E-state index in [1.54, 1.807) is 6.92 Å². The van der Waals surface area contributed by atoms with Gasteiger partial charge in [0, 0.05) is 0 Å². The molecular formula is C29H33FO5Si. The van der Waals surface area contributed by atoms with E-state index in [1.807, 2.05) is 60.7 Å². The van der Waals surface area contributed by atoms with Gasteiger partial charge in [0.1, 0.15) is 5.82 Å². The minimum absolute atomic E-state index is 0.0229. The van der Waals surface area contributed by atoms with E-state index in [0.717, 1.165) is 22.5 Å². The summed E-state index contributed by atoms with van der Waals surface area (Å²) in [5.74, 6) is -1.95. The number of aliphatic hydroxyl groups is 1. The van der Waals surface area contributed by atoms with E-state index in [-0.39, 0.29) is 23.8 Å². The second-order valence-electron chi connectivity index (χ2n) is 9.76. The summed E-state index contributed by atoms with van der Waals surface area (Å²) in [5, 5.41) is 13.0. The number of ether oxygens (including phenoxy) is 1. The molecule has 0 aliphatic heterocycles. The Hall–Kier alpha value is -3.13. The Labute approximate surface area is 213 Å². The number of halogens is 1. The molecule has 1 unspecified atom stereocenters. The first-order valence-corrected chi connectivity index (χ1v) is 13.9. The van der Waals surface area contributed by atoms with Gasteiger partial charge < -0.3 is 14.3 Å². The molecule has 7 heteroatoms. The Kier molecular flexibility index (Phi) is 8.61. The SMILES string of the molecule is CCOC(=O)C(O)(CC(=O)CO[Si](c1ccccc1)(c1ccccc1)C(C)(C)C)c1ccc(F)cc1. The van der Waals surface area contributed by atoms with Gasteiger partial charge in [-0.15, -0.1) is 0 Å². The molecule has 0 aliphatic carbocycles. The Bertz CT molecular complexity index is 1120. The van der Waals surface area contributed by atoms with Gasteiger partial charge in [-0.25, -0.2) is 9.18 Å². The van der Waals surface area contributed by atoms with Crippen LogP contribution in [-0.4, -0.2) is 38.4 Å². The van der Waals surface area contributed by atoms with Gasteiger partial charge in [0.15, 0.2) is 11.4 Å². The number of esters is 1. The standard InChI is InChI=1S/C29H33FO5Si/c1-5-34-27(32)29(33,22-16-18-23(30)19-17-22)20-24(31)21-35-36(28(2,3)4,25-12-8-6-9-13-25)26-14-10-7-11-15-26/h6-19,33H,5,20-21H2,1-4H3. The van der Waals surface area contributed by atoms with Crippen molar-refractivity contribution >= 4 is 30.4 Å². The molecule has 1 atom stereocenters. The maximum Gasteiger partial charge on any atom is 0.343 e. The van der Waals surface area contributed by atoms with Crippen LogP contribution in [0.4, 0.5) is 4.39 Å². The van der Waals surface area contributed by atoms with Gasteiger partial charge in [0.25, 0.3) is 8.32 Å². The second-order valence-corrected chi connectivity index (χ2v) is 14.1. The minimum atomic E-state index is -2.98. The van der Waals surface area contributed by atoms with E-state index in [4.69, 9.17) is 9.16 Å². The van der Waals surface area contributed by atoms with Crippen molar-refractivity contribution in [1.29, 1.82) is 0 Å². The zero-order valence-corrected chi connectivity index (χ0v) is 22.2. The third-order valence-electron chi connectivity index (χ3n) is 6.25. The van der Waals surface area contributed by atoms with E-state index >= 15 is 0 Å². The number of hydrogen-bond donors (Lipinski definition) is 1. The smallest absolute Gasteiger partial charge is 0.343 e. The second kappa shape index (κ2) is 11.3. The van der Waals surface area contributed by atoms with Crippen molar-refractivity contribution in [3.8, 4) is 0 Å². The molecule has 0 saturated carbocycles. The number of ketones is 1. The predicted molar refractivity (Wildman–Crippen MR) is 140 cm³/mol. The lowest BCUT2D eigenvalue weighted by Crippen LogP contribution is -2.67. The first kappa shape index (κ1) is 27.5. The summed E-state index contributed by atoms with van der Waals surface area (Å²) in [6.07, 6.45) is -0.560. The third-order valence-corrected chi connectivity index (χ3v) is 11.2. The van der Waals surface area contributed by atoms with Crippen molar-refractivity contribution in [2.24, 2.45) is 0 Å². The lowest BCUT2D eigenvalue weighted by molar-refractivity contribution is -0.169. The molecule has 0 spiro atoms. The topological polar surface area (TPSA) is 72.8 Å². The van der Waals surface area contributed by atoms with Crippen LogP contribution in [0.25, 0.3) is 0 Å². The molecule has 5 nitrogen and oxygen atoms in total. The van der Waals surface area contributed by atoms with Gasteiger partial charge in [-0.1, -0.05) is 93.6 Å². The molecule has 1 N–H and O–H groups in total. The largest absolute Gasteiger partial charge is 0.464 e. The van der Waals surface area contributed by atoms with Crippen molar-refractivity contribution < 1.29 is 28.2 Å². The van der Waals surface area contributed by atoms with Crippen LogP contribution >= 0.6 is 0 Å². The highest BCUT2D eigenvalue weighted by Gasteiger charge is 2.51. The first-order chi connectivity index (χ1) is 17.0. The average molecular weight is 509 g/mol. The Morgan fingerprint density at radius 3 is 1.81 bits per heavy atom. The Morgan fingerprint density at radius 2 is 1.36 bits per heavy atom. The fourth-order valence-corrected chi connectivity index (χ4v) is 9.09. The molecule has 36 heavy (non-hydrogen) atoms. The van der Waals surface area contributed by atoms with Gasteiger partial charge in [-0.2, -0.15) is 0 Å². The highest BCUT2D eigenvalue weighted by Crippen LogP contribution is 2.37. The number of carbonyl (C=O) groups excluding carboxylic acids is 2. The quantitative estimate of drug-likeness (QED) is 0.330. The van der Waals surface area contributed by atoms with Crippen molar-refractivity contribution in [2.75, 3.05) is 13.2 Å². The average Bonchev–Trinajstić information content (AvgIpc) is 2.85. The van der Waals surface area contributed by atoms with E-state index in [1.165, 1.54) is 12.1 Å². The van der Waals surface area contributed by atoms with Crippen LogP contribution in [0.15, 0.2) is 84.9 Å². The molecule has 0 fully saturated rings. The molecule has 190 valence electrons. The van der Waals surface area contributed by atoms with Gasteiger partial charge in [-0.05, 0) is 40.0 Å². The highest BCUT2D eigenvalue weighted by molar-refractivity contribution is 6.99. The van der Waals surface area contributed by atoms with Crippen LogP contribution in [-0.2, 0) is 24.4 Å². The van der Waals surface area contributed by atoms with Crippen LogP contribution in [0, 0.1) is 5.82 Å². The number of hydrogen-bond acceptors (Lipinski definition) is 5. The molecular weight excluding hydrogens is 475 g/mol. The van der Waals surface area contributed by atoms with Gasteiger partial charge in [-0.3, -0.25) is 4.79 Å². The van der Waals surface area contributed by atoms with Crippen molar-refractivity contribution in [3.05, 3.63) is 96.3 Å². The van der Waals surface area contributed by atoms with Gasteiger partial charge in [0.05, 0.1) is 19.6 Å². The minimum Gasteiger partial charge on any atom is -0.464 e. The van der Waals surface area contributed by atoms with E-state index in [0.29, 0.717) is 0 Å². The zero-order chi connectivity index (χ0) is 26.4. The predicted octanol–water partition coefficient (Wildman–Crippen LogP) is 4.11. The van der Waals surface area contributed by atoms with E-state index < -0.39 is 37.9 Å². The van der Waals surface area contributed by atoms with Crippen molar-refractivity contribution in [2.45, 2.75) is 44.8 Å². The normalized spacial score (nSPS) is 13.6. The molecule has 3 aromatic carbocycles. The molecule has 0 bridgehead atoms. The lowest BCUT2D eigenvalue weighted by Gasteiger charge is -2.43. The molecule has 0 aliphatic rings. The zero-order valence-electron chi connectivity index (χ0n) is 21.2. The molecule has 0 heterocycles. The number of carbonyl (C=O) groups is 2. The maximum absolute atomic E-state index is 13.5. The fraction of sp³-hybridized carbons (Fsp3) is 0.310. The maximum atomic E-state index is 13.5. The van der Waals surface area contributed by atoms with E-state index in [9.17, 15) is 19.1 Å². The van der Waals surface area contributed by atoms with Gasteiger partial charge in [0.2, 0.25) is 0 Å². The van der Waals surface area contributed by atoms with Crippen LogP contribution in [0.5, 0.6) is 0 Å². The summed E-state index contributed by atoms with van der Waals surface area (Å²) in [4.78, 5) is 26.0. The van der Waals surface area contributed by atoms with E-state index in [2.05, 4.69) is 20.8 Å². The molecule has 0 amide bonds. The summed E-state index contributed by atoms with van der Waals surface area (Å²) in [6.45, 7) is 7.60. The van der Waals surface area contributed by atoms with Crippen LogP contribution in [0.2, 0.25) is 5.04 Å². The Balaban J connectivity index is 1.97. The summed E-state index contributed by atoms with van der Waals surface area (Å²) < 4.78 is 25.2. The summed E-state index contributed by atoms with van der Waals surface area (Å²) >= 11 is 0. The van der Waals surface area contributed by atoms with Crippen molar-refractivity contribution in [3.63, 3.8) is 0 Å². The van der Waals surface area contributed by atoms with Crippen molar-refractivity contribution in [1.82, 2.24) is 0 Å². The molecule has 3 rings (SSSR count). The van der Waals surface area contributed by atoms with Crippen LogP contribution in [0.3, 0.4) is 0 Å². The number of rotatable bonds is 10. The molecule has 0 aromatic heterocycles. The number of Topliss-reactive ketones (excluding diaryl/α,β-unsaturated/α-hetero) is 1. The third kappa shape index (κ3) is 5.64. The molecule has 0 radical (unpaired) electrons. The number of benzene rings is 3. The highest BCUT2D eigenvalue weighted by atomic mass is 28.4. The lowest BCUT2D eigenvalue weighted by atomic mass is 9.88. The first-order valence-electron chi connectivity index (χ1n) is 12.0. The summed E-state index contributed by atoms with van der Waals surface area (Å²) in [6, 6.07) is 24.5.